The van der Waals surface area contributed by atoms with Crippen molar-refractivity contribution in [2.24, 2.45) is 0 Å². The van der Waals surface area contributed by atoms with Crippen molar-refractivity contribution in [1.82, 2.24) is 0 Å². The van der Waals surface area contributed by atoms with E-state index in [-0.39, 0.29) is 31.6 Å². The van der Waals surface area contributed by atoms with Crippen LogP contribution in [0.2, 0.25) is 0 Å². The lowest BCUT2D eigenvalue weighted by atomic mass is 10.2. The van der Waals surface area contributed by atoms with Gasteiger partial charge in [0.25, 0.3) is 0 Å². The standard InChI is InChI=1S/C18H8Br4O8/c19-9-3-1-7(17(25)26)15(13(9)21)29-11(23)5-6-12(24)30-16-8(18(27)28)2-4-10(20)14(16)22/h1-6H,(H,25,26)(H,27,28)/b6-5+. The number of aromatic carboxylic acids is 2. The Labute approximate surface area is 202 Å². The number of carbonyl (C=O) groups is 4. The highest BCUT2D eigenvalue weighted by molar-refractivity contribution is 9.13. The molecule has 156 valence electrons. The SMILES string of the molecule is O=C(/C=C/C(=O)Oc1c(C(=O)O)ccc(Br)c1Br)Oc1c(C(=O)O)ccc(Br)c1Br. The van der Waals surface area contributed by atoms with Crippen LogP contribution in [0, 0.1) is 0 Å². The number of esters is 2. The fourth-order valence-corrected chi connectivity index (χ4v) is 3.48. The van der Waals surface area contributed by atoms with Crippen LogP contribution in [0.25, 0.3) is 0 Å². The molecule has 2 rings (SSSR count). The molecule has 12 heteroatoms. The van der Waals surface area contributed by atoms with E-state index in [1.165, 1.54) is 24.3 Å². The summed E-state index contributed by atoms with van der Waals surface area (Å²) < 4.78 is 11.3. The molecule has 2 N–H and O–H groups in total. The minimum atomic E-state index is -1.32. The zero-order valence-corrected chi connectivity index (χ0v) is 20.7. The van der Waals surface area contributed by atoms with Gasteiger partial charge in [-0.1, -0.05) is 0 Å². The van der Waals surface area contributed by atoms with E-state index in [2.05, 4.69) is 63.7 Å². The fourth-order valence-electron chi connectivity index (χ4n) is 2.01. The van der Waals surface area contributed by atoms with Crippen LogP contribution in [0.3, 0.4) is 0 Å². The van der Waals surface area contributed by atoms with Gasteiger partial charge in [0.2, 0.25) is 0 Å². The zero-order chi connectivity index (χ0) is 22.6. The van der Waals surface area contributed by atoms with E-state index in [1.54, 1.807) is 0 Å². The number of hydrogen-bond acceptors (Lipinski definition) is 6. The lowest BCUT2D eigenvalue weighted by molar-refractivity contribution is -0.131. The molecule has 2 aromatic rings. The summed E-state index contributed by atoms with van der Waals surface area (Å²) in [4.78, 5) is 46.7. The van der Waals surface area contributed by atoms with Crippen LogP contribution >= 0.6 is 63.7 Å². The predicted octanol–water partition coefficient (Wildman–Crippen LogP) is 5.20. The summed E-state index contributed by atoms with van der Waals surface area (Å²) in [6.45, 7) is 0. The molecule has 0 bridgehead atoms. The lowest BCUT2D eigenvalue weighted by Crippen LogP contribution is -2.12. The smallest absolute Gasteiger partial charge is 0.339 e. The molecule has 0 amide bonds. The molecule has 0 aliphatic rings. The molecule has 8 nitrogen and oxygen atoms in total. The van der Waals surface area contributed by atoms with Gasteiger partial charge in [-0.25, -0.2) is 19.2 Å². The van der Waals surface area contributed by atoms with Crippen molar-refractivity contribution in [2.45, 2.75) is 0 Å². The third kappa shape index (κ3) is 5.78. The van der Waals surface area contributed by atoms with E-state index in [0.717, 1.165) is 0 Å². The number of hydrogen-bond donors (Lipinski definition) is 2. The van der Waals surface area contributed by atoms with Crippen molar-refractivity contribution < 1.29 is 38.9 Å². The number of halogens is 4. The summed E-state index contributed by atoms with van der Waals surface area (Å²) in [6, 6.07) is 5.37. The summed E-state index contributed by atoms with van der Waals surface area (Å²) in [6.07, 6.45) is 1.43. The van der Waals surface area contributed by atoms with E-state index in [9.17, 15) is 29.4 Å². The summed E-state index contributed by atoms with van der Waals surface area (Å²) >= 11 is 12.6. The maximum Gasteiger partial charge on any atom is 0.339 e. The maximum atomic E-state index is 12.0. The van der Waals surface area contributed by atoms with Crippen molar-refractivity contribution in [1.29, 1.82) is 0 Å². The summed E-state index contributed by atoms with van der Waals surface area (Å²) in [5.74, 6) is -5.28. The zero-order valence-electron chi connectivity index (χ0n) is 14.3. The lowest BCUT2D eigenvalue weighted by Gasteiger charge is -2.10. The molecule has 0 radical (unpaired) electrons. The highest BCUT2D eigenvalue weighted by Crippen LogP contribution is 2.37. The minimum Gasteiger partial charge on any atom is -0.478 e. The Morgan fingerprint density at radius 1 is 0.667 bits per heavy atom. The normalized spacial score (nSPS) is 10.7. The third-order valence-electron chi connectivity index (χ3n) is 3.32. The van der Waals surface area contributed by atoms with Gasteiger partial charge < -0.3 is 19.7 Å². The highest BCUT2D eigenvalue weighted by Gasteiger charge is 2.21. The Morgan fingerprint density at radius 2 is 1.00 bits per heavy atom. The number of carboxylic acids is 2. The van der Waals surface area contributed by atoms with Gasteiger partial charge in [-0.2, -0.15) is 0 Å². The molecule has 0 aliphatic carbocycles. The minimum absolute atomic E-state index is 0.191. The molecule has 0 saturated heterocycles. The van der Waals surface area contributed by atoms with Crippen LogP contribution in [0.15, 0.2) is 54.3 Å². The van der Waals surface area contributed by atoms with E-state index >= 15 is 0 Å². The van der Waals surface area contributed by atoms with E-state index in [4.69, 9.17) is 9.47 Å². The van der Waals surface area contributed by atoms with Gasteiger partial charge in [0, 0.05) is 21.1 Å². The molecule has 2 aromatic carbocycles. The van der Waals surface area contributed by atoms with Crippen LogP contribution < -0.4 is 9.47 Å². The molecule has 0 unspecified atom stereocenters. The van der Waals surface area contributed by atoms with Gasteiger partial charge in [0.15, 0.2) is 11.5 Å². The Hall–Kier alpha value is -2.02. The highest BCUT2D eigenvalue weighted by atomic mass is 79.9. The van der Waals surface area contributed by atoms with Gasteiger partial charge in [0.1, 0.15) is 11.1 Å². The number of carbonyl (C=O) groups excluding carboxylic acids is 2. The first-order valence-corrected chi connectivity index (χ1v) is 10.7. The Kier molecular flexibility index (Phi) is 8.35. The van der Waals surface area contributed by atoms with E-state index < -0.39 is 23.9 Å². The quantitative estimate of drug-likeness (QED) is 0.244. The second-order valence-electron chi connectivity index (χ2n) is 5.26. The van der Waals surface area contributed by atoms with Crippen molar-refractivity contribution in [2.75, 3.05) is 0 Å². The second kappa shape index (κ2) is 10.3. The molecule has 0 spiro atoms. The molecule has 0 heterocycles. The van der Waals surface area contributed by atoms with Gasteiger partial charge in [-0.05, 0) is 88.0 Å². The van der Waals surface area contributed by atoms with E-state index in [0.29, 0.717) is 21.1 Å². The van der Waals surface area contributed by atoms with Gasteiger partial charge in [-0.15, -0.1) is 0 Å². The number of rotatable bonds is 6. The second-order valence-corrected chi connectivity index (χ2v) is 8.56. The predicted molar refractivity (Wildman–Crippen MR) is 118 cm³/mol. The van der Waals surface area contributed by atoms with Crippen molar-refractivity contribution in [3.8, 4) is 11.5 Å². The third-order valence-corrected chi connectivity index (χ3v) is 7.28. The Bertz CT molecular complexity index is 1010. The molecule has 0 atom stereocenters. The van der Waals surface area contributed by atoms with Gasteiger partial charge in [0.05, 0.1) is 8.95 Å². The first-order valence-electron chi connectivity index (χ1n) is 7.57. The number of ether oxygens (including phenoxy) is 2. The Morgan fingerprint density at radius 3 is 1.30 bits per heavy atom. The molecule has 30 heavy (non-hydrogen) atoms. The van der Waals surface area contributed by atoms with Crippen LogP contribution in [0.5, 0.6) is 11.5 Å². The molecular formula is C18H8Br4O8. The van der Waals surface area contributed by atoms with Crippen molar-refractivity contribution >= 4 is 87.6 Å². The van der Waals surface area contributed by atoms with Crippen molar-refractivity contribution in [3.63, 3.8) is 0 Å². The molecule has 0 fully saturated rings. The molecule has 0 aromatic heterocycles. The van der Waals surface area contributed by atoms with Gasteiger partial charge >= 0.3 is 23.9 Å². The maximum absolute atomic E-state index is 12.0. The monoisotopic (exact) mass is 668 g/mol. The summed E-state index contributed by atoms with van der Waals surface area (Å²) in [7, 11) is 0. The topological polar surface area (TPSA) is 127 Å². The van der Waals surface area contributed by atoms with E-state index in [1.807, 2.05) is 0 Å². The van der Waals surface area contributed by atoms with Crippen LogP contribution in [0.4, 0.5) is 0 Å². The number of carboxylic acid groups (broad SMARTS) is 2. The Balaban J connectivity index is 2.21. The van der Waals surface area contributed by atoms with Crippen LogP contribution in [-0.4, -0.2) is 34.1 Å². The first kappa shape index (κ1) is 24.3. The fraction of sp³-hybridized carbons (Fsp3) is 0. The van der Waals surface area contributed by atoms with Crippen LogP contribution in [-0.2, 0) is 9.59 Å². The van der Waals surface area contributed by atoms with Crippen molar-refractivity contribution in [3.05, 3.63) is 65.4 Å². The average molecular weight is 672 g/mol. The summed E-state index contributed by atoms with van der Waals surface area (Å²) in [5.41, 5.74) is -0.558. The van der Waals surface area contributed by atoms with Gasteiger partial charge in [-0.3, -0.25) is 0 Å². The largest absolute Gasteiger partial charge is 0.478 e. The molecule has 0 aliphatic heterocycles. The summed E-state index contributed by atoms with van der Waals surface area (Å²) in [5, 5.41) is 18.4. The van der Waals surface area contributed by atoms with Crippen LogP contribution in [0.1, 0.15) is 20.7 Å². The molecular weight excluding hydrogens is 664 g/mol. The first-order chi connectivity index (χ1) is 14.0. The molecule has 0 saturated carbocycles. The number of benzene rings is 2. The average Bonchev–Trinajstić information content (AvgIpc) is 2.67.